The lowest BCUT2D eigenvalue weighted by atomic mass is 10.2. The molecule has 0 bridgehead atoms. The van der Waals surface area contributed by atoms with Crippen LogP contribution in [0.3, 0.4) is 0 Å². The second-order valence-electron chi connectivity index (χ2n) is 5.17. The Morgan fingerprint density at radius 1 is 1.45 bits per heavy atom. The predicted molar refractivity (Wildman–Crippen MR) is 86.1 cm³/mol. The van der Waals surface area contributed by atoms with Crippen molar-refractivity contribution in [3.8, 4) is 5.75 Å². The quantitative estimate of drug-likeness (QED) is 0.828. The Kier molecular flexibility index (Phi) is 4.83. The molecule has 1 heterocycles. The van der Waals surface area contributed by atoms with E-state index in [-0.39, 0.29) is 0 Å². The third-order valence-corrected chi connectivity index (χ3v) is 4.33. The van der Waals surface area contributed by atoms with Crippen LogP contribution in [0.25, 0.3) is 11.0 Å². The first-order chi connectivity index (χ1) is 9.58. The number of imidazole rings is 1. The molecule has 1 unspecified atom stereocenters. The van der Waals surface area contributed by atoms with Crippen LogP contribution in [0, 0.1) is 4.77 Å². The van der Waals surface area contributed by atoms with Gasteiger partial charge in [0.2, 0.25) is 0 Å². The summed E-state index contributed by atoms with van der Waals surface area (Å²) < 4.78 is 8.27. The molecule has 0 saturated heterocycles. The van der Waals surface area contributed by atoms with E-state index in [1.54, 1.807) is 7.11 Å². The SMILES string of the molecule is CCC(C)N(C)CCn1c(=S)[nH]c2c(OC)cccc21. The van der Waals surface area contributed by atoms with Gasteiger partial charge in [-0.05, 0) is 44.7 Å². The van der Waals surface area contributed by atoms with Gasteiger partial charge in [-0.2, -0.15) is 0 Å². The van der Waals surface area contributed by atoms with Gasteiger partial charge in [-0.15, -0.1) is 0 Å². The van der Waals surface area contributed by atoms with Gasteiger partial charge in [-0.25, -0.2) is 0 Å². The average molecular weight is 293 g/mol. The van der Waals surface area contributed by atoms with Crippen molar-refractivity contribution in [2.45, 2.75) is 32.9 Å². The Hall–Kier alpha value is -1.33. The highest BCUT2D eigenvalue weighted by Gasteiger charge is 2.11. The number of hydrogen-bond acceptors (Lipinski definition) is 3. The molecule has 5 heteroatoms. The van der Waals surface area contributed by atoms with Crippen LogP contribution < -0.4 is 4.74 Å². The molecule has 20 heavy (non-hydrogen) atoms. The van der Waals surface area contributed by atoms with Gasteiger partial charge in [0.15, 0.2) is 4.77 Å². The number of rotatable bonds is 6. The number of aromatic nitrogens is 2. The molecule has 1 atom stereocenters. The molecule has 0 amide bonds. The maximum Gasteiger partial charge on any atom is 0.178 e. The minimum absolute atomic E-state index is 0.587. The first-order valence-electron chi connectivity index (χ1n) is 7.04. The Morgan fingerprint density at radius 3 is 2.85 bits per heavy atom. The fourth-order valence-corrected chi connectivity index (χ4v) is 2.63. The van der Waals surface area contributed by atoms with Crippen molar-refractivity contribution in [2.24, 2.45) is 0 Å². The van der Waals surface area contributed by atoms with Crippen LogP contribution in [0.1, 0.15) is 20.3 Å². The summed E-state index contributed by atoms with van der Waals surface area (Å²) >= 11 is 5.44. The van der Waals surface area contributed by atoms with Crippen LogP contribution in [0.5, 0.6) is 5.75 Å². The normalized spacial score (nSPS) is 13.1. The monoisotopic (exact) mass is 293 g/mol. The molecule has 0 radical (unpaired) electrons. The highest BCUT2D eigenvalue weighted by atomic mass is 32.1. The highest BCUT2D eigenvalue weighted by Crippen LogP contribution is 2.24. The standard InChI is InChI=1S/C15H23N3OS/c1-5-11(2)17(3)9-10-18-12-7-6-8-13(19-4)14(12)16-15(18)20/h6-8,11H,5,9-10H2,1-4H3,(H,16,20). The predicted octanol–water partition coefficient (Wildman–Crippen LogP) is 3.44. The first-order valence-corrected chi connectivity index (χ1v) is 7.45. The van der Waals surface area contributed by atoms with Gasteiger partial charge >= 0.3 is 0 Å². The minimum atomic E-state index is 0.587. The van der Waals surface area contributed by atoms with Crippen LogP contribution in [-0.2, 0) is 6.54 Å². The molecule has 1 aromatic heterocycles. The smallest absolute Gasteiger partial charge is 0.178 e. The zero-order valence-electron chi connectivity index (χ0n) is 12.6. The summed E-state index contributed by atoms with van der Waals surface area (Å²) in [5.41, 5.74) is 2.08. The van der Waals surface area contributed by atoms with Crippen molar-refractivity contribution < 1.29 is 4.74 Å². The van der Waals surface area contributed by atoms with Crippen molar-refractivity contribution in [1.29, 1.82) is 0 Å². The summed E-state index contributed by atoms with van der Waals surface area (Å²) in [7, 11) is 3.84. The fourth-order valence-electron chi connectivity index (χ4n) is 2.34. The molecule has 0 aliphatic carbocycles. The van der Waals surface area contributed by atoms with Gasteiger partial charge in [-0.3, -0.25) is 0 Å². The zero-order valence-corrected chi connectivity index (χ0v) is 13.5. The summed E-state index contributed by atoms with van der Waals surface area (Å²) in [6.07, 6.45) is 1.16. The van der Waals surface area contributed by atoms with Gasteiger partial charge < -0.3 is 19.2 Å². The maximum absolute atomic E-state index is 5.44. The van der Waals surface area contributed by atoms with Crippen molar-refractivity contribution >= 4 is 23.3 Å². The van der Waals surface area contributed by atoms with E-state index in [0.29, 0.717) is 6.04 Å². The largest absolute Gasteiger partial charge is 0.494 e. The molecular weight excluding hydrogens is 270 g/mol. The minimum Gasteiger partial charge on any atom is -0.494 e. The van der Waals surface area contributed by atoms with E-state index >= 15 is 0 Å². The van der Waals surface area contributed by atoms with Crippen molar-refractivity contribution in [3.05, 3.63) is 23.0 Å². The van der Waals surface area contributed by atoms with E-state index in [0.717, 1.165) is 41.1 Å². The molecule has 1 N–H and O–H groups in total. The van der Waals surface area contributed by atoms with Gasteiger partial charge in [0, 0.05) is 19.1 Å². The summed E-state index contributed by atoms with van der Waals surface area (Å²) in [5, 5.41) is 0. The lowest BCUT2D eigenvalue weighted by Gasteiger charge is -2.23. The van der Waals surface area contributed by atoms with Gasteiger partial charge in [0.25, 0.3) is 0 Å². The number of likely N-dealkylation sites (N-methyl/N-ethyl adjacent to an activating group) is 1. The summed E-state index contributed by atoms with van der Waals surface area (Å²) in [4.78, 5) is 5.61. The van der Waals surface area contributed by atoms with Crippen molar-refractivity contribution in [2.75, 3.05) is 20.7 Å². The second-order valence-corrected chi connectivity index (χ2v) is 5.56. The fraction of sp³-hybridized carbons (Fsp3) is 0.533. The van der Waals surface area contributed by atoms with Gasteiger partial charge in [0.05, 0.1) is 12.6 Å². The number of nitrogens with zero attached hydrogens (tertiary/aromatic N) is 2. The van der Waals surface area contributed by atoms with Crippen LogP contribution >= 0.6 is 12.2 Å². The average Bonchev–Trinajstić information content (AvgIpc) is 2.79. The van der Waals surface area contributed by atoms with Crippen LogP contribution in [0.2, 0.25) is 0 Å². The van der Waals surface area contributed by atoms with E-state index < -0.39 is 0 Å². The molecule has 1 aromatic carbocycles. The molecule has 0 saturated carbocycles. The first kappa shape index (κ1) is 15.1. The number of hydrogen-bond donors (Lipinski definition) is 1. The second kappa shape index (κ2) is 6.41. The molecule has 0 aliphatic rings. The van der Waals surface area contributed by atoms with E-state index in [2.05, 4.69) is 41.4 Å². The Bertz CT molecular complexity index is 632. The van der Waals surface area contributed by atoms with Crippen molar-refractivity contribution in [1.82, 2.24) is 14.5 Å². The molecule has 2 rings (SSSR count). The number of benzene rings is 1. The van der Waals surface area contributed by atoms with Crippen LogP contribution in [0.4, 0.5) is 0 Å². The Labute approximate surface area is 125 Å². The number of methoxy groups -OCH3 is 1. The highest BCUT2D eigenvalue weighted by molar-refractivity contribution is 7.71. The number of ether oxygens (including phenoxy) is 1. The molecule has 0 spiro atoms. The number of aromatic amines is 1. The van der Waals surface area contributed by atoms with Gasteiger partial charge in [-0.1, -0.05) is 13.0 Å². The number of H-pyrrole nitrogens is 1. The summed E-state index contributed by atoms with van der Waals surface area (Å²) in [5.74, 6) is 0.836. The maximum atomic E-state index is 5.44. The molecule has 0 fully saturated rings. The van der Waals surface area contributed by atoms with Crippen LogP contribution in [0.15, 0.2) is 18.2 Å². The molecule has 2 aromatic rings. The van der Waals surface area contributed by atoms with E-state index in [9.17, 15) is 0 Å². The molecule has 4 nitrogen and oxygen atoms in total. The van der Waals surface area contributed by atoms with E-state index in [1.165, 1.54) is 0 Å². The Morgan fingerprint density at radius 2 is 2.20 bits per heavy atom. The Balaban J connectivity index is 2.27. The topological polar surface area (TPSA) is 33.2 Å². The number of para-hydroxylation sites is 1. The van der Waals surface area contributed by atoms with Crippen LogP contribution in [-0.4, -0.2) is 41.2 Å². The summed E-state index contributed by atoms with van der Waals surface area (Å²) in [6, 6.07) is 6.61. The summed E-state index contributed by atoms with van der Waals surface area (Å²) in [6.45, 7) is 6.32. The van der Waals surface area contributed by atoms with Crippen molar-refractivity contribution in [3.63, 3.8) is 0 Å². The molecule has 0 aliphatic heterocycles. The molecular formula is C15H23N3OS. The van der Waals surface area contributed by atoms with Gasteiger partial charge in [0.1, 0.15) is 11.3 Å². The third kappa shape index (κ3) is 2.88. The van der Waals surface area contributed by atoms with E-state index in [1.807, 2.05) is 12.1 Å². The van der Waals surface area contributed by atoms with E-state index in [4.69, 9.17) is 17.0 Å². The molecule has 110 valence electrons. The number of nitrogens with one attached hydrogen (secondary N) is 1. The lowest BCUT2D eigenvalue weighted by Crippen LogP contribution is -2.31. The zero-order chi connectivity index (χ0) is 14.7. The number of fused-ring (bicyclic) bond motifs is 1. The lowest BCUT2D eigenvalue weighted by molar-refractivity contribution is 0.243. The third-order valence-electron chi connectivity index (χ3n) is 4.01.